The van der Waals surface area contributed by atoms with Crippen molar-refractivity contribution < 1.29 is 0 Å². The fourth-order valence-electron chi connectivity index (χ4n) is 3.53. The molecule has 1 aliphatic heterocycles. The van der Waals surface area contributed by atoms with Crippen molar-refractivity contribution >= 4 is 28.4 Å². The summed E-state index contributed by atoms with van der Waals surface area (Å²) in [5.41, 5.74) is 0.674. The molecule has 0 amide bonds. The molecule has 0 N–H and O–H groups in total. The molecule has 1 saturated heterocycles. The Hall–Kier alpha value is -0.390. The summed E-state index contributed by atoms with van der Waals surface area (Å²) < 4.78 is 1.18. The quantitative estimate of drug-likeness (QED) is 0.719. The molecule has 1 spiro atoms. The molecule has 18 heavy (non-hydrogen) atoms. The second kappa shape index (κ2) is 5.31. The smallest absolute Gasteiger partial charge is 0.145 e. The second-order valence-corrected chi connectivity index (χ2v) is 6.90. The predicted molar refractivity (Wildman–Crippen MR) is 81.7 cm³/mol. The summed E-state index contributed by atoms with van der Waals surface area (Å²) in [4.78, 5) is 11.0. The first kappa shape index (κ1) is 12.6. The Kier molecular flexibility index (Phi) is 3.73. The highest BCUT2D eigenvalue weighted by Gasteiger charge is 2.35. The molecule has 0 bridgehead atoms. The van der Waals surface area contributed by atoms with Crippen LogP contribution in [0, 0.1) is 8.99 Å². The first-order valence-electron chi connectivity index (χ1n) is 7.00. The molecule has 2 aliphatic rings. The van der Waals surface area contributed by atoms with Crippen LogP contribution in [0.3, 0.4) is 0 Å². The second-order valence-electron chi connectivity index (χ2n) is 5.74. The maximum absolute atomic E-state index is 4.44. The van der Waals surface area contributed by atoms with Crippen LogP contribution in [0.4, 0.5) is 5.82 Å². The molecule has 4 heteroatoms. The van der Waals surface area contributed by atoms with Gasteiger partial charge in [0, 0.05) is 19.3 Å². The fourth-order valence-corrected chi connectivity index (χ4v) is 4.17. The van der Waals surface area contributed by atoms with Crippen molar-refractivity contribution in [2.75, 3.05) is 18.0 Å². The van der Waals surface area contributed by atoms with Gasteiger partial charge in [-0.3, -0.25) is 0 Å². The largest absolute Gasteiger partial charge is 0.356 e. The van der Waals surface area contributed by atoms with E-state index < -0.39 is 0 Å². The number of hydrogen-bond acceptors (Lipinski definition) is 3. The van der Waals surface area contributed by atoms with E-state index in [2.05, 4.69) is 37.5 Å². The van der Waals surface area contributed by atoms with Gasteiger partial charge in [-0.15, -0.1) is 0 Å². The zero-order valence-corrected chi connectivity index (χ0v) is 12.9. The van der Waals surface area contributed by atoms with Crippen LogP contribution in [0.2, 0.25) is 0 Å². The van der Waals surface area contributed by atoms with Crippen LogP contribution in [0.25, 0.3) is 0 Å². The minimum atomic E-state index is 0.674. The molecule has 3 rings (SSSR count). The van der Waals surface area contributed by atoms with Crippen LogP contribution in [-0.2, 0) is 0 Å². The minimum absolute atomic E-state index is 0.674. The Bertz CT molecular complexity index is 405. The van der Waals surface area contributed by atoms with Crippen molar-refractivity contribution in [3.8, 4) is 0 Å². The van der Waals surface area contributed by atoms with Gasteiger partial charge in [0.2, 0.25) is 0 Å². The van der Waals surface area contributed by atoms with Crippen molar-refractivity contribution in [2.24, 2.45) is 5.41 Å². The van der Waals surface area contributed by atoms with Crippen LogP contribution in [0.1, 0.15) is 44.9 Å². The van der Waals surface area contributed by atoms with Crippen LogP contribution in [-0.4, -0.2) is 23.1 Å². The summed E-state index contributed by atoms with van der Waals surface area (Å²) in [5, 5.41) is 0. The summed E-state index contributed by atoms with van der Waals surface area (Å²) in [5.74, 6) is 1.14. The van der Waals surface area contributed by atoms with Crippen LogP contribution in [0.5, 0.6) is 0 Å². The third-order valence-corrected chi connectivity index (χ3v) is 5.45. The zero-order valence-electron chi connectivity index (χ0n) is 10.7. The zero-order chi connectivity index (χ0) is 12.4. The van der Waals surface area contributed by atoms with Gasteiger partial charge < -0.3 is 4.90 Å². The Morgan fingerprint density at radius 1 is 1.06 bits per heavy atom. The van der Waals surface area contributed by atoms with E-state index in [1.165, 1.54) is 61.6 Å². The number of piperidine rings is 1. The summed E-state index contributed by atoms with van der Waals surface area (Å²) in [6.45, 7) is 2.35. The summed E-state index contributed by atoms with van der Waals surface area (Å²) in [6, 6.07) is 0. The lowest BCUT2D eigenvalue weighted by Gasteiger charge is -2.44. The average molecular weight is 357 g/mol. The standard InChI is InChI=1S/C14H20IN3/c15-12-10-16-11-17-13(12)18-8-6-14(7-9-18)4-2-1-3-5-14/h10-11H,1-9H2. The summed E-state index contributed by atoms with van der Waals surface area (Å²) >= 11 is 2.34. The maximum atomic E-state index is 4.44. The molecule has 1 aromatic rings. The first-order valence-corrected chi connectivity index (χ1v) is 8.07. The van der Waals surface area contributed by atoms with E-state index in [4.69, 9.17) is 0 Å². The van der Waals surface area contributed by atoms with Gasteiger partial charge in [-0.2, -0.15) is 0 Å². The molecule has 98 valence electrons. The molecule has 1 aromatic heterocycles. The Morgan fingerprint density at radius 3 is 2.44 bits per heavy atom. The third kappa shape index (κ3) is 2.49. The van der Waals surface area contributed by atoms with Crippen molar-refractivity contribution in [3.05, 3.63) is 16.1 Å². The molecule has 1 aliphatic carbocycles. The molecule has 0 radical (unpaired) electrons. The van der Waals surface area contributed by atoms with Crippen LogP contribution >= 0.6 is 22.6 Å². The van der Waals surface area contributed by atoms with Gasteiger partial charge in [0.25, 0.3) is 0 Å². The normalized spacial score (nSPS) is 23.3. The monoisotopic (exact) mass is 357 g/mol. The minimum Gasteiger partial charge on any atom is -0.356 e. The molecular formula is C14H20IN3. The Labute approximate surface area is 123 Å². The van der Waals surface area contributed by atoms with Crippen molar-refractivity contribution in [1.29, 1.82) is 0 Å². The number of nitrogens with zero attached hydrogens (tertiary/aromatic N) is 3. The number of hydrogen-bond donors (Lipinski definition) is 0. The number of aromatic nitrogens is 2. The van der Waals surface area contributed by atoms with Gasteiger partial charge >= 0.3 is 0 Å². The molecule has 1 saturated carbocycles. The first-order chi connectivity index (χ1) is 8.79. The number of rotatable bonds is 1. The van der Waals surface area contributed by atoms with Gasteiger partial charge in [-0.1, -0.05) is 19.3 Å². The van der Waals surface area contributed by atoms with E-state index in [0.29, 0.717) is 5.41 Å². The van der Waals surface area contributed by atoms with Crippen LogP contribution in [0.15, 0.2) is 12.5 Å². The van der Waals surface area contributed by atoms with E-state index in [0.717, 1.165) is 5.82 Å². The lowest BCUT2D eigenvalue weighted by atomic mass is 9.68. The van der Waals surface area contributed by atoms with Gasteiger partial charge in [0.05, 0.1) is 3.57 Å². The van der Waals surface area contributed by atoms with E-state index in [1.807, 2.05) is 6.20 Å². The summed E-state index contributed by atoms with van der Waals surface area (Å²) in [7, 11) is 0. The van der Waals surface area contributed by atoms with Crippen LogP contribution < -0.4 is 4.90 Å². The Balaban J connectivity index is 1.68. The number of anilines is 1. The highest BCUT2D eigenvalue weighted by molar-refractivity contribution is 14.1. The van der Waals surface area contributed by atoms with E-state index in [9.17, 15) is 0 Å². The van der Waals surface area contributed by atoms with Crippen molar-refractivity contribution in [1.82, 2.24) is 9.97 Å². The predicted octanol–water partition coefficient (Wildman–Crippen LogP) is 3.63. The third-order valence-electron chi connectivity index (χ3n) is 4.69. The van der Waals surface area contributed by atoms with Gasteiger partial charge in [0.1, 0.15) is 12.1 Å². The van der Waals surface area contributed by atoms with Crippen molar-refractivity contribution in [3.63, 3.8) is 0 Å². The van der Waals surface area contributed by atoms with E-state index in [1.54, 1.807) is 6.33 Å². The SMILES string of the molecule is Ic1cncnc1N1CCC2(CCCCC2)CC1. The lowest BCUT2D eigenvalue weighted by molar-refractivity contribution is 0.144. The topological polar surface area (TPSA) is 29.0 Å². The van der Waals surface area contributed by atoms with Crippen molar-refractivity contribution in [2.45, 2.75) is 44.9 Å². The number of halogens is 1. The maximum Gasteiger partial charge on any atom is 0.145 e. The van der Waals surface area contributed by atoms with E-state index in [-0.39, 0.29) is 0 Å². The lowest BCUT2D eigenvalue weighted by Crippen LogP contribution is -2.41. The highest BCUT2D eigenvalue weighted by atomic mass is 127. The molecule has 0 aromatic carbocycles. The fraction of sp³-hybridized carbons (Fsp3) is 0.714. The Morgan fingerprint density at radius 2 is 1.78 bits per heavy atom. The summed E-state index contributed by atoms with van der Waals surface area (Å²) in [6.07, 6.45) is 13.6. The molecule has 0 atom stereocenters. The van der Waals surface area contributed by atoms with Gasteiger partial charge in [0.15, 0.2) is 0 Å². The van der Waals surface area contributed by atoms with Gasteiger partial charge in [-0.05, 0) is 53.7 Å². The average Bonchev–Trinajstić information content (AvgIpc) is 2.42. The molecule has 2 fully saturated rings. The molecule has 3 nitrogen and oxygen atoms in total. The van der Waals surface area contributed by atoms with E-state index >= 15 is 0 Å². The molecule has 2 heterocycles. The molecule has 0 unspecified atom stereocenters. The highest BCUT2D eigenvalue weighted by Crippen LogP contribution is 2.45. The molecular weight excluding hydrogens is 337 g/mol. The van der Waals surface area contributed by atoms with Gasteiger partial charge in [-0.25, -0.2) is 9.97 Å².